The van der Waals surface area contributed by atoms with Crippen LogP contribution in [0.25, 0.3) is 11.6 Å². The number of benzene rings is 2. The first-order valence-corrected chi connectivity index (χ1v) is 9.43. The fraction of sp³-hybridized carbons (Fsp3) is 0.348. The van der Waals surface area contributed by atoms with Crippen molar-refractivity contribution in [3.63, 3.8) is 0 Å². The molecule has 0 unspecified atom stereocenters. The van der Waals surface area contributed by atoms with Gasteiger partial charge in [0.2, 0.25) is 0 Å². The summed E-state index contributed by atoms with van der Waals surface area (Å²) in [6.07, 6.45) is 4.84. The lowest BCUT2D eigenvalue weighted by Gasteiger charge is -2.18. The first kappa shape index (κ1) is 18.4. The number of rotatable bonds is 6. The Morgan fingerprint density at radius 1 is 1.04 bits per heavy atom. The highest BCUT2D eigenvalue weighted by atomic mass is 16.5. The summed E-state index contributed by atoms with van der Waals surface area (Å²) in [5.74, 6) is -0.261. The molecular formula is C23H27NO2. The third-order valence-electron chi connectivity index (χ3n) is 4.88. The monoisotopic (exact) mass is 349 g/mol. The molecule has 0 aliphatic carbocycles. The van der Waals surface area contributed by atoms with Crippen molar-refractivity contribution in [2.75, 3.05) is 26.2 Å². The minimum atomic E-state index is -0.261. The number of nitrogens with zero attached hydrogens (tertiary/aromatic N) is 1. The topological polar surface area (TPSA) is 29.5 Å². The first-order chi connectivity index (χ1) is 12.7. The minimum absolute atomic E-state index is 0.261. The fourth-order valence-electron chi connectivity index (χ4n) is 3.37. The van der Waals surface area contributed by atoms with Crippen LogP contribution in [0, 0.1) is 6.92 Å². The van der Waals surface area contributed by atoms with E-state index in [4.69, 9.17) is 4.74 Å². The maximum atomic E-state index is 11.9. The summed E-state index contributed by atoms with van der Waals surface area (Å²) in [7, 11) is 0. The van der Waals surface area contributed by atoms with Crippen molar-refractivity contribution in [3.05, 3.63) is 70.8 Å². The lowest BCUT2D eigenvalue weighted by Crippen LogP contribution is -2.21. The van der Waals surface area contributed by atoms with Crippen LogP contribution < -0.4 is 0 Å². The van der Waals surface area contributed by atoms with Crippen molar-refractivity contribution >= 4 is 17.6 Å². The molecule has 0 amide bonds. The van der Waals surface area contributed by atoms with Gasteiger partial charge >= 0.3 is 5.97 Å². The van der Waals surface area contributed by atoms with Gasteiger partial charge in [0, 0.05) is 6.54 Å². The maximum absolute atomic E-state index is 11.9. The van der Waals surface area contributed by atoms with E-state index in [-0.39, 0.29) is 5.97 Å². The molecule has 1 heterocycles. The molecule has 2 aromatic rings. The predicted molar refractivity (Wildman–Crippen MR) is 107 cm³/mol. The molecule has 1 aliphatic heterocycles. The standard InChI is InChI=1S/C23H27NO2/c1-3-26-23(25)20-12-10-19(11-13-20)22(17-24-14-6-7-15-24)16-21-9-5-4-8-18(21)2/h4-5,8-13,16H,3,6-7,14-15,17H2,1-2H3/b22-16+. The Morgan fingerprint density at radius 3 is 2.35 bits per heavy atom. The van der Waals surface area contributed by atoms with E-state index in [2.05, 4.69) is 42.2 Å². The lowest BCUT2D eigenvalue weighted by molar-refractivity contribution is 0.0526. The second-order valence-electron chi connectivity index (χ2n) is 6.81. The number of aryl methyl sites for hydroxylation is 1. The molecular weight excluding hydrogens is 322 g/mol. The smallest absolute Gasteiger partial charge is 0.338 e. The number of carbonyl (C=O) groups is 1. The van der Waals surface area contributed by atoms with E-state index in [9.17, 15) is 4.79 Å². The zero-order valence-electron chi connectivity index (χ0n) is 15.7. The van der Waals surface area contributed by atoms with Gasteiger partial charge < -0.3 is 4.74 Å². The highest BCUT2D eigenvalue weighted by Gasteiger charge is 2.15. The Kier molecular flexibility index (Phi) is 6.24. The van der Waals surface area contributed by atoms with Crippen LogP contribution in [0.5, 0.6) is 0 Å². The Hall–Kier alpha value is -2.39. The molecule has 0 N–H and O–H groups in total. The fourth-order valence-corrected chi connectivity index (χ4v) is 3.37. The Bertz CT molecular complexity index is 771. The van der Waals surface area contributed by atoms with Gasteiger partial charge in [-0.3, -0.25) is 4.90 Å². The molecule has 3 heteroatoms. The van der Waals surface area contributed by atoms with Gasteiger partial charge in [0.25, 0.3) is 0 Å². The van der Waals surface area contributed by atoms with Gasteiger partial charge in [0.05, 0.1) is 12.2 Å². The van der Waals surface area contributed by atoms with E-state index in [0.717, 1.165) is 25.2 Å². The predicted octanol–water partition coefficient (Wildman–Crippen LogP) is 4.81. The van der Waals surface area contributed by atoms with Crippen molar-refractivity contribution in [1.29, 1.82) is 0 Å². The van der Waals surface area contributed by atoms with Crippen LogP contribution in [-0.2, 0) is 4.74 Å². The van der Waals surface area contributed by atoms with E-state index in [0.29, 0.717) is 12.2 Å². The summed E-state index contributed by atoms with van der Waals surface area (Å²) in [4.78, 5) is 14.4. The molecule has 1 aliphatic rings. The SMILES string of the molecule is CCOC(=O)c1ccc(/C(=C/c2ccccc2C)CN2CCCC2)cc1. The number of ether oxygens (including phenoxy) is 1. The van der Waals surface area contributed by atoms with E-state index in [1.807, 2.05) is 31.2 Å². The number of likely N-dealkylation sites (tertiary alicyclic amines) is 1. The number of esters is 1. The van der Waals surface area contributed by atoms with E-state index < -0.39 is 0 Å². The largest absolute Gasteiger partial charge is 0.462 e. The van der Waals surface area contributed by atoms with E-state index in [1.54, 1.807) is 0 Å². The van der Waals surface area contributed by atoms with Crippen LogP contribution in [0.4, 0.5) is 0 Å². The number of carbonyl (C=O) groups excluding carboxylic acids is 1. The normalized spacial score (nSPS) is 15.2. The summed E-state index contributed by atoms with van der Waals surface area (Å²) < 4.78 is 5.09. The van der Waals surface area contributed by atoms with Crippen molar-refractivity contribution in [3.8, 4) is 0 Å². The van der Waals surface area contributed by atoms with Crippen LogP contribution in [0.3, 0.4) is 0 Å². The quantitative estimate of drug-likeness (QED) is 0.554. The molecule has 26 heavy (non-hydrogen) atoms. The minimum Gasteiger partial charge on any atom is -0.462 e. The Labute approximate surface area is 156 Å². The zero-order valence-corrected chi connectivity index (χ0v) is 15.7. The summed E-state index contributed by atoms with van der Waals surface area (Å²) in [5, 5.41) is 0. The molecule has 3 nitrogen and oxygen atoms in total. The van der Waals surface area contributed by atoms with Gasteiger partial charge in [0.1, 0.15) is 0 Å². The molecule has 0 aromatic heterocycles. The van der Waals surface area contributed by atoms with Gasteiger partial charge in [-0.15, -0.1) is 0 Å². The van der Waals surface area contributed by atoms with Crippen molar-refractivity contribution in [2.24, 2.45) is 0 Å². The van der Waals surface area contributed by atoms with Crippen LogP contribution in [0.2, 0.25) is 0 Å². The highest BCUT2D eigenvalue weighted by Crippen LogP contribution is 2.23. The third-order valence-corrected chi connectivity index (χ3v) is 4.88. The second kappa shape index (κ2) is 8.81. The van der Waals surface area contributed by atoms with Crippen LogP contribution >= 0.6 is 0 Å². The van der Waals surface area contributed by atoms with Crippen molar-refractivity contribution in [1.82, 2.24) is 4.90 Å². The van der Waals surface area contributed by atoms with E-state index >= 15 is 0 Å². The van der Waals surface area contributed by atoms with Gasteiger partial charge in [-0.1, -0.05) is 36.4 Å². The third kappa shape index (κ3) is 4.61. The van der Waals surface area contributed by atoms with Gasteiger partial charge in [-0.25, -0.2) is 4.79 Å². The van der Waals surface area contributed by atoms with Crippen LogP contribution in [0.15, 0.2) is 48.5 Å². The summed E-state index contributed by atoms with van der Waals surface area (Å²) in [5.41, 5.74) is 5.57. The first-order valence-electron chi connectivity index (χ1n) is 9.43. The molecule has 1 saturated heterocycles. The Balaban J connectivity index is 1.89. The van der Waals surface area contributed by atoms with Crippen molar-refractivity contribution in [2.45, 2.75) is 26.7 Å². The average Bonchev–Trinajstić information content (AvgIpc) is 3.16. The van der Waals surface area contributed by atoms with Gasteiger partial charge in [-0.05, 0) is 80.3 Å². The molecule has 136 valence electrons. The highest BCUT2D eigenvalue weighted by molar-refractivity contribution is 5.90. The summed E-state index contributed by atoms with van der Waals surface area (Å²) >= 11 is 0. The molecule has 0 atom stereocenters. The molecule has 3 rings (SSSR count). The second-order valence-corrected chi connectivity index (χ2v) is 6.81. The zero-order chi connectivity index (χ0) is 18.4. The maximum Gasteiger partial charge on any atom is 0.338 e. The molecule has 0 bridgehead atoms. The molecule has 0 saturated carbocycles. The summed E-state index contributed by atoms with van der Waals surface area (Å²) in [6, 6.07) is 16.2. The van der Waals surface area contributed by atoms with Gasteiger partial charge in [0.15, 0.2) is 0 Å². The average molecular weight is 349 g/mol. The molecule has 0 radical (unpaired) electrons. The number of hydrogen-bond acceptors (Lipinski definition) is 3. The van der Waals surface area contributed by atoms with Crippen LogP contribution in [0.1, 0.15) is 46.8 Å². The van der Waals surface area contributed by atoms with Gasteiger partial charge in [-0.2, -0.15) is 0 Å². The molecule has 0 spiro atoms. The molecule has 1 fully saturated rings. The molecule has 2 aromatic carbocycles. The van der Waals surface area contributed by atoms with Crippen molar-refractivity contribution < 1.29 is 9.53 Å². The lowest BCUT2D eigenvalue weighted by atomic mass is 9.99. The number of hydrogen-bond donors (Lipinski definition) is 0. The Morgan fingerprint density at radius 2 is 1.69 bits per heavy atom. The van der Waals surface area contributed by atoms with Crippen LogP contribution in [-0.4, -0.2) is 37.1 Å². The van der Waals surface area contributed by atoms with E-state index in [1.165, 1.54) is 29.5 Å². The summed E-state index contributed by atoms with van der Waals surface area (Å²) in [6.45, 7) is 7.62.